The molecule has 2 heterocycles. The van der Waals surface area contributed by atoms with Crippen molar-refractivity contribution in [1.29, 1.82) is 0 Å². The van der Waals surface area contributed by atoms with E-state index in [4.69, 9.17) is 4.74 Å². The van der Waals surface area contributed by atoms with Gasteiger partial charge in [0.1, 0.15) is 0 Å². The molecule has 2 aromatic rings. The third-order valence-electron chi connectivity index (χ3n) is 3.87. The van der Waals surface area contributed by atoms with Crippen molar-refractivity contribution < 1.29 is 9.53 Å². The van der Waals surface area contributed by atoms with Crippen molar-refractivity contribution in [3.63, 3.8) is 0 Å². The molecule has 116 valence electrons. The van der Waals surface area contributed by atoms with Crippen LogP contribution in [0.3, 0.4) is 0 Å². The number of morpholine rings is 1. The Labute approximate surface area is 134 Å². The first-order valence-corrected chi connectivity index (χ1v) is 8.42. The number of amides is 1. The van der Waals surface area contributed by atoms with Crippen molar-refractivity contribution in [3.05, 3.63) is 35.9 Å². The van der Waals surface area contributed by atoms with Gasteiger partial charge in [0, 0.05) is 18.5 Å². The zero-order valence-electron chi connectivity index (χ0n) is 12.9. The molecule has 1 atom stereocenters. The Balaban J connectivity index is 1.76. The molecule has 0 spiro atoms. The molecular formula is C17H20N2O2S. The maximum absolute atomic E-state index is 12.5. The minimum atomic E-state index is -0.133. The van der Waals surface area contributed by atoms with Gasteiger partial charge in [0.05, 0.1) is 29.0 Å². The number of ether oxygens (including phenoxy) is 1. The largest absolute Gasteiger partial charge is 0.378 e. The van der Waals surface area contributed by atoms with Crippen LogP contribution in [-0.2, 0) is 9.53 Å². The van der Waals surface area contributed by atoms with Gasteiger partial charge in [-0.3, -0.25) is 4.79 Å². The predicted molar refractivity (Wildman–Crippen MR) is 89.2 cm³/mol. The third kappa shape index (κ3) is 3.25. The van der Waals surface area contributed by atoms with E-state index in [2.05, 4.69) is 24.0 Å². The first-order chi connectivity index (χ1) is 10.6. The highest BCUT2D eigenvalue weighted by Gasteiger charge is 2.23. The number of thioether (sulfide) groups is 1. The van der Waals surface area contributed by atoms with Crippen LogP contribution in [0.4, 0.5) is 0 Å². The fourth-order valence-electron chi connectivity index (χ4n) is 2.65. The first-order valence-electron chi connectivity index (χ1n) is 7.55. The molecule has 1 aromatic heterocycles. The number of aromatic nitrogens is 1. The number of carbonyl (C=O) groups is 1. The summed E-state index contributed by atoms with van der Waals surface area (Å²) in [4.78, 5) is 19.0. The minimum Gasteiger partial charge on any atom is -0.378 e. The van der Waals surface area contributed by atoms with Gasteiger partial charge in [0.15, 0.2) is 0 Å². The summed E-state index contributed by atoms with van der Waals surface area (Å²) in [5.74, 6) is 0.168. The highest BCUT2D eigenvalue weighted by Crippen LogP contribution is 2.27. The van der Waals surface area contributed by atoms with E-state index in [1.54, 1.807) is 0 Å². The molecule has 0 N–H and O–H groups in total. The topological polar surface area (TPSA) is 42.4 Å². The van der Waals surface area contributed by atoms with Crippen LogP contribution in [0.2, 0.25) is 0 Å². The van der Waals surface area contributed by atoms with Gasteiger partial charge < -0.3 is 9.64 Å². The van der Waals surface area contributed by atoms with E-state index in [1.165, 1.54) is 22.7 Å². The van der Waals surface area contributed by atoms with Crippen LogP contribution in [0.25, 0.3) is 10.9 Å². The number of aryl methyl sites for hydroxylation is 1. The molecule has 0 unspecified atom stereocenters. The number of para-hydroxylation sites is 1. The summed E-state index contributed by atoms with van der Waals surface area (Å²) in [5, 5.41) is 1.94. The number of benzene rings is 1. The molecule has 22 heavy (non-hydrogen) atoms. The second kappa shape index (κ2) is 6.67. The standard InChI is InChI=1S/C17H20N2O2S/c1-12-11-16(18-15-6-4-3-5-14(12)15)22-13(2)17(20)19-7-9-21-10-8-19/h3-6,11,13H,7-10H2,1-2H3/t13-/m1/s1. The third-order valence-corrected chi connectivity index (χ3v) is 4.87. The van der Waals surface area contributed by atoms with E-state index in [-0.39, 0.29) is 11.2 Å². The fourth-order valence-corrected chi connectivity index (χ4v) is 3.66. The molecule has 0 bridgehead atoms. The van der Waals surface area contributed by atoms with Crippen LogP contribution < -0.4 is 0 Å². The van der Waals surface area contributed by atoms with Crippen molar-refractivity contribution in [2.24, 2.45) is 0 Å². The molecule has 5 heteroatoms. The molecule has 1 fully saturated rings. The van der Waals surface area contributed by atoms with Crippen molar-refractivity contribution in [2.75, 3.05) is 26.3 Å². The van der Waals surface area contributed by atoms with Crippen molar-refractivity contribution in [2.45, 2.75) is 24.1 Å². The Morgan fingerprint density at radius 2 is 2.05 bits per heavy atom. The molecule has 1 amide bonds. The molecule has 0 saturated carbocycles. The Morgan fingerprint density at radius 3 is 2.82 bits per heavy atom. The molecule has 1 aliphatic rings. The zero-order chi connectivity index (χ0) is 15.5. The highest BCUT2D eigenvalue weighted by atomic mass is 32.2. The highest BCUT2D eigenvalue weighted by molar-refractivity contribution is 8.00. The lowest BCUT2D eigenvalue weighted by molar-refractivity contribution is -0.134. The normalized spacial score (nSPS) is 16.7. The van der Waals surface area contributed by atoms with Crippen LogP contribution in [0.15, 0.2) is 35.4 Å². The average Bonchev–Trinajstić information content (AvgIpc) is 2.55. The number of pyridine rings is 1. The number of hydrogen-bond donors (Lipinski definition) is 0. The van der Waals surface area contributed by atoms with Crippen molar-refractivity contribution in [3.8, 4) is 0 Å². The smallest absolute Gasteiger partial charge is 0.235 e. The van der Waals surface area contributed by atoms with Crippen LogP contribution in [0, 0.1) is 6.92 Å². The lowest BCUT2D eigenvalue weighted by atomic mass is 10.1. The zero-order valence-corrected chi connectivity index (χ0v) is 13.7. The molecule has 1 aromatic carbocycles. The number of carbonyl (C=O) groups excluding carboxylic acids is 1. The first kappa shape index (κ1) is 15.3. The van der Waals surface area contributed by atoms with Gasteiger partial charge in [-0.15, -0.1) is 0 Å². The van der Waals surface area contributed by atoms with Gasteiger partial charge in [0.25, 0.3) is 0 Å². The lowest BCUT2D eigenvalue weighted by Gasteiger charge is -2.29. The molecule has 1 saturated heterocycles. The van der Waals surface area contributed by atoms with Gasteiger partial charge in [-0.2, -0.15) is 0 Å². The number of fused-ring (bicyclic) bond motifs is 1. The van der Waals surface area contributed by atoms with Crippen molar-refractivity contribution >= 4 is 28.6 Å². The Bertz CT molecular complexity index is 683. The lowest BCUT2D eigenvalue weighted by Crippen LogP contribution is -2.44. The minimum absolute atomic E-state index is 0.133. The second-order valence-corrected chi connectivity index (χ2v) is 6.85. The summed E-state index contributed by atoms with van der Waals surface area (Å²) in [6.45, 7) is 6.69. The van der Waals surface area contributed by atoms with Crippen LogP contribution >= 0.6 is 11.8 Å². The van der Waals surface area contributed by atoms with E-state index < -0.39 is 0 Å². The summed E-state index contributed by atoms with van der Waals surface area (Å²) in [6, 6.07) is 10.2. The van der Waals surface area contributed by atoms with E-state index in [1.807, 2.05) is 30.0 Å². The van der Waals surface area contributed by atoms with Crippen LogP contribution in [0.5, 0.6) is 0 Å². The van der Waals surface area contributed by atoms with Gasteiger partial charge >= 0.3 is 0 Å². The maximum atomic E-state index is 12.5. The fraction of sp³-hybridized carbons (Fsp3) is 0.412. The molecule has 4 nitrogen and oxygen atoms in total. The predicted octanol–water partition coefficient (Wildman–Crippen LogP) is 2.88. The molecule has 1 aliphatic heterocycles. The van der Waals surface area contributed by atoms with Crippen LogP contribution in [0.1, 0.15) is 12.5 Å². The molecule has 3 rings (SSSR count). The summed E-state index contributed by atoms with van der Waals surface area (Å²) in [6.07, 6.45) is 0. The Hall–Kier alpha value is -1.59. The van der Waals surface area contributed by atoms with E-state index in [0.29, 0.717) is 26.3 Å². The summed E-state index contributed by atoms with van der Waals surface area (Å²) >= 11 is 1.53. The molecule has 0 aliphatic carbocycles. The number of nitrogens with zero attached hydrogens (tertiary/aromatic N) is 2. The van der Waals surface area contributed by atoms with E-state index >= 15 is 0 Å². The Kier molecular flexibility index (Phi) is 4.64. The van der Waals surface area contributed by atoms with Crippen LogP contribution in [-0.4, -0.2) is 47.3 Å². The number of hydrogen-bond acceptors (Lipinski definition) is 4. The van der Waals surface area contributed by atoms with E-state index in [0.717, 1.165) is 10.5 Å². The van der Waals surface area contributed by atoms with Gasteiger partial charge in [-0.05, 0) is 31.5 Å². The SMILES string of the molecule is Cc1cc(S[C@H](C)C(=O)N2CCOCC2)nc2ccccc12. The monoisotopic (exact) mass is 316 g/mol. The Morgan fingerprint density at radius 1 is 1.32 bits per heavy atom. The summed E-state index contributed by atoms with van der Waals surface area (Å²) in [7, 11) is 0. The average molecular weight is 316 g/mol. The number of rotatable bonds is 3. The molecular weight excluding hydrogens is 296 g/mol. The van der Waals surface area contributed by atoms with Crippen molar-refractivity contribution in [1.82, 2.24) is 9.88 Å². The summed E-state index contributed by atoms with van der Waals surface area (Å²) < 4.78 is 5.30. The quantitative estimate of drug-likeness (QED) is 0.817. The molecule has 0 radical (unpaired) electrons. The van der Waals surface area contributed by atoms with Gasteiger partial charge in [-0.25, -0.2) is 4.98 Å². The van der Waals surface area contributed by atoms with Gasteiger partial charge in [-0.1, -0.05) is 30.0 Å². The summed E-state index contributed by atoms with van der Waals surface area (Å²) in [5.41, 5.74) is 2.18. The maximum Gasteiger partial charge on any atom is 0.235 e. The second-order valence-electron chi connectivity index (χ2n) is 5.49. The van der Waals surface area contributed by atoms with Gasteiger partial charge in [0.2, 0.25) is 5.91 Å². The van der Waals surface area contributed by atoms with E-state index in [9.17, 15) is 4.79 Å².